The molecule has 134 valence electrons. The smallest absolute Gasteiger partial charge is 0.191 e. The van der Waals surface area contributed by atoms with Gasteiger partial charge in [0.2, 0.25) is 0 Å². The van der Waals surface area contributed by atoms with Gasteiger partial charge < -0.3 is 15.5 Å². The van der Waals surface area contributed by atoms with Crippen molar-refractivity contribution in [1.82, 2.24) is 15.5 Å². The van der Waals surface area contributed by atoms with Crippen molar-refractivity contribution in [3.8, 4) is 0 Å². The summed E-state index contributed by atoms with van der Waals surface area (Å²) in [7, 11) is 1.88. The molecule has 24 heavy (non-hydrogen) atoms. The number of benzene rings is 1. The molecule has 2 fully saturated rings. The molecule has 2 atom stereocenters. The Kier molecular flexibility index (Phi) is 7.81. The van der Waals surface area contributed by atoms with Gasteiger partial charge in [0.15, 0.2) is 5.96 Å². The van der Waals surface area contributed by atoms with Crippen molar-refractivity contribution in [2.45, 2.75) is 50.6 Å². The van der Waals surface area contributed by atoms with Crippen LogP contribution in [0.15, 0.2) is 35.3 Å². The zero-order valence-electron chi connectivity index (χ0n) is 14.9. The maximum atomic E-state index is 4.43. The lowest BCUT2D eigenvalue weighted by Crippen LogP contribution is -2.49. The minimum absolute atomic E-state index is 0. The van der Waals surface area contributed by atoms with Crippen molar-refractivity contribution < 1.29 is 0 Å². The standard InChI is InChI=1S/C19H30N4.HI/c1-3-11-23-12-9-16(10-13-23)21-19(20-2)22-18-14-17(18)15-7-5-4-6-8-15;/h4-8,16-18H,3,9-14H2,1-2H3,(H2,20,21,22);1H. The van der Waals surface area contributed by atoms with E-state index in [4.69, 9.17) is 0 Å². The molecule has 1 saturated carbocycles. The van der Waals surface area contributed by atoms with Gasteiger partial charge in [0.1, 0.15) is 0 Å². The fourth-order valence-corrected chi connectivity index (χ4v) is 3.58. The predicted molar refractivity (Wildman–Crippen MR) is 112 cm³/mol. The summed E-state index contributed by atoms with van der Waals surface area (Å²) < 4.78 is 0. The molecular weight excluding hydrogens is 411 g/mol. The number of halogens is 1. The van der Waals surface area contributed by atoms with E-state index in [2.05, 4.69) is 57.8 Å². The third kappa shape index (κ3) is 5.34. The molecule has 1 aromatic rings. The summed E-state index contributed by atoms with van der Waals surface area (Å²) in [4.78, 5) is 7.00. The van der Waals surface area contributed by atoms with Crippen molar-refractivity contribution in [2.24, 2.45) is 4.99 Å². The number of hydrogen-bond donors (Lipinski definition) is 2. The number of aliphatic imine (C=N–C) groups is 1. The van der Waals surface area contributed by atoms with E-state index in [1.807, 2.05) is 7.05 Å². The van der Waals surface area contributed by atoms with Gasteiger partial charge in [0.25, 0.3) is 0 Å². The quantitative estimate of drug-likeness (QED) is 0.418. The molecule has 3 rings (SSSR count). The number of rotatable bonds is 5. The summed E-state index contributed by atoms with van der Waals surface area (Å²) in [5.74, 6) is 1.61. The van der Waals surface area contributed by atoms with Gasteiger partial charge in [-0.3, -0.25) is 4.99 Å². The Balaban J connectivity index is 0.00000208. The first kappa shape index (κ1) is 19.5. The van der Waals surface area contributed by atoms with Crippen molar-refractivity contribution in [2.75, 3.05) is 26.7 Å². The molecule has 2 unspecified atom stereocenters. The van der Waals surface area contributed by atoms with Crippen LogP contribution in [0.25, 0.3) is 0 Å². The van der Waals surface area contributed by atoms with Crippen LogP contribution in [0.5, 0.6) is 0 Å². The van der Waals surface area contributed by atoms with E-state index in [0.717, 1.165) is 5.96 Å². The highest BCUT2D eigenvalue weighted by Gasteiger charge is 2.39. The molecular formula is C19H31IN4. The minimum atomic E-state index is 0. The summed E-state index contributed by atoms with van der Waals surface area (Å²) in [5, 5.41) is 7.22. The zero-order chi connectivity index (χ0) is 16.1. The molecule has 5 heteroatoms. The maximum absolute atomic E-state index is 4.43. The summed E-state index contributed by atoms with van der Waals surface area (Å²) in [6.07, 6.45) is 4.89. The molecule has 1 aliphatic heterocycles. The van der Waals surface area contributed by atoms with Gasteiger partial charge in [-0.05, 0) is 37.8 Å². The van der Waals surface area contributed by atoms with Crippen LogP contribution in [0.1, 0.15) is 44.1 Å². The lowest BCUT2D eigenvalue weighted by Gasteiger charge is -2.32. The van der Waals surface area contributed by atoms with Crippen LogP contribution < -0.4 is 10.6 Å². The van der Waals surface area contributed by atoms with Crippen LogP contribution in [-0.4, -0.2) is 49.6 Å². The molecule has 0 radical (unpaired) electrons. The van der Waals surface area contributed by atoms with Crippen molar-refractivity contribution in [3.05, 3.63) is 35.9 Å². The van der Waals surface area contributed by atoms with Gasteiger partial charge >= 0.3 is 0 Å². The van der Waals surface area contributed by atoms with E-state index >= 15 is 0 Å². The Morgan fingerprint density at radius 1 is 1.17 bits per heavy atom. The second-order valence-corrected chi connectivity index (χ2v) is 6.84. The number of piperidine rings is 1. The van der Waals surface area contributed by atoms with Gasteiger partial charge in [0, 0.05) is 38.1 Å². The molecule has 1 saturated heterocycles. The predicted octanol–water partition coefficient (Wildman–Crippen LogP) is 3.20. The maximum Gasteiger partial charge on any atom is 0.191 e. The van der Waals surface area contributed by atoms with Crippen LogP contribution >= 0.6 is 24.0 Å². The van der Waals surface area contributed by atoms with E-state index in [9.17, 15) is 0 Å². The lowest BCUT2D eigenvalue weighted by molar-refractivity contribution is 0.206. The Labute approximate surface area is 163 Å². The summed E-state index contributed by atoms with van der Waals surface area (Å²) in [5.41, 5.74) is 1.44. The first-order chi connectivity index (χ1) is 11.3. The van der Waals surface area contributed by atoms with E-state index in [0.29, 0.717) is 18.0 Å². The fourth-order valence-electron chi connectivity index (χ4n) is 3.58. The van der Waals surface area contributed by atoms with Crippen LogP contribution in [-0.2, 0) is 0 Å². The zero-order valence-corrected chi connectivity index (χ0v) is 17.2. The Morgan fingerprint density at radius 3 is 2.50 bits per heavy atom. The molecule has 0 spiro atoms. The topological polar surface area (TPSA) is 39.7 Å². The molecule has 1 aromatic carbocycles. The van der Waals surface area contributed by atoms with Gasteiger partial charge in [-0.2, -0.15) is 0 Å². The monoisotopic (exact) mass is 442 g/mol. The van der Waals surface area contributed by atoms with Crippen molar-refractivity contribution in [1.29, 1.82) is 0 Å². The molecule has 4 nitrogen and oxygen atoms in total. The van der Waals surface area contributed by atoms with Crippen LogP contribution in [0, 0.1) is 0 Å². The van der Waals surface area contributed by atoms with Crippen molar-refractivity contribution >= 4 is 29.9 Å². The number of guanidine groups is 1. The highest BCUT2D eigenvalue weighted by molar-refractivity contribution is 14.0. The van der Waals surface area contributed by atoms with E-state index in [1.165, 1.54) is 50.9 Å². The largest absolute Gasteiger partial charge is 0.354 e. The van der Waals surface area contributed by atoms with Gasteiger partial charge in [-0.1, -0.05) is 37.3 Å². The second kappa shape index (κ2) is 9.61. The molecule has 0 aromatic heterocycles. The fraction of sp³-hybridized carbons (Fsp3) is 0.632. The highest BCUT2D eigenvalue weighted by atomic mass is 127. The molecule has 0 bridgehead atoms. The molecule has 2 aliphatic rings. The third-order valence-corrected chi connectivity index (χ3v) is 5.03. The molecule has 0 amide bonds. The van der Waals surface area contributed by atoms with Gasteiger partial charge in [-0.25, -0.2) is 0 Å². The van der Waals surface area contributed by atoms with E-state index in [1.54, 1.807) is 0 Å². The van der Waals surface area contributed by atoms with Crippen LogP contribution in [0.3, 0.4) is 0 Å². The number of nitrogens with zero attached hydrogens (tertiary/aromatic N) is 2. The van der Waals surface area contributed by atoms with Gasteiger partial charge in [0.05, 0.1) is 0 Å². The lowest BCUT2D eigenvalue weighted by atomic mass is 10.1. The SMILES string of the molecule is CCCN1CCC(NC(=NC)NC2CC2c2ccccc2)CC1.I. The van der Waals surface area contributed by atoms with E-state index in [-0.39, 0.29) is 24.0 Å². The Bertz CT molecular complexity index is 511. The average Bonchev–Trinajstić information content (AvgIpc) is 3.36. The normalized spacial score (nSPS) is 25.0. The summed E-state index contributed by atoms with van der Waals surface area (Å²) >= 11 is 0. The molecule has 2 N–H and O–H groups in total. The van der Waals surface area contributed by atoms with Crippen LogP contribution in [0.2, 0.25) is 0 Å². The number of likely N-dealkylation sites (tertiary alicyclic amines) is 1. The van der Waals surface area contributed by atoms with Gasteiger partial charge in [-0.15, -0.1) is 24.0 Å². The number of nitrogens with one attached hydrogen (secondary N) is 2. The van der Waals surface area contributed by atoms with E-state index < -0.39 is 0 Å². The summed E-state index contributed by atoms with van der Waals surface area (Å²) in [6.45, 7) is 5.91. The van der Waals surface area contributed by atoms with Crippen molar-refractivity contribution in [3.63, 3.8) is 0 Å². The third-order valence-electron chi connectivity index (χ3n) is 5.03. The average molecular weight is 442 g/mol. The first-order valence-corrected chi connectivity index (χ1v) is 9.07. The molecule has 1 aliphatic carbocycles. The second-order valence-electron chi connectivity index (χ2n) is 6.84. The highest BCUT2D eigenvalue weighted by Crippen LogP contribution is 2.40. The summed E-state index contributed by atoms with van der Waals surface area (Å²) in [6, 6.07) is 11.9. The Morgan fingerprint density at radius 2 is 1.88 bits per heavy atom. The molecule has 1 heterocycles. The Hall–Kier alpha value is -0.820. The minimum Gasteiger partial charge on any atom is -0.354 e. The number of hydrogen-bond acceptors (Lipinski definition) is 2. The first-order valence-electron chi connectivity index (χ1n) is 9.07. The van der Waals surface area contributed by atoms with Crippen LogP contribution in [0.4, 0.5) is 0 Å².